The van der Waals surface area contributed by atoms with E-state index in [0.29, 0.717) is 13.1 Å². The summed E-state index contributed by atoms with van der Waals surface area (Å²) in [6.07, 6.45) is 0. The average molecular weight is 297 g/mol. The Labute approximate surface area is 131 Å². The number of benzene rings is 2. The molecule has 0 saturated heterocycles. The second kappa shape index (κ2) is 7.61. The third-order valence-corrected chi connectivity index (χ3v) is 3.52. The fourth-order valence-corrected chi connectivity index (χ4v) is 2.19. The zero-order valence-corrected chi connectivity index (χ0v) is 13.1. The molecule has 0 aliphatic heterocycles. The van der Waals surface area contributed by atoms with Crippen molar-refractivity contribution in [1.29, 1.82) is 0 Å². The fraction of sp³-hybridized carbons (Fsp3) is 0.278. The Morgan fingerprint density at radius 1 is 1.05 bits per heavy atom. The van der Waals surface area contributed by atoms with E-state index in [-0.39, 0.29) is 12.1 Å². The van der Waals surface area contributed by atoms with Crippen molar-refractivity contribution in [2.45, 2.75) is 33.0 Å². The van der Waals surface area contributed by atoms with Crippen LogP contribution in [0.2, 0.25) is 0 Å². The van der Waals surface area contributed by atoms with Crippen molar-refractivity contribution in [2.75, 3.05) is 5.32 Å². The number of carbonyl (C=O) groups excluding carboxylic acids is 1. The van der Waals surface area contributed by atoms with Gasteiger partial charge in [0.2, 0.25) is 0 Å². The molecule has 0 radical (unpaired) electrons. The number of rotatable bonds is 5. The van der Waals surface area contributed by atoms with Crippen molar-refractivity contribution in [1.82, 2.24) is 4.90 Å². The van der Waals surface area contributed by atoms with Gasteiger partial charge in [0.05, 0.1) is 0 Å². The molecule has 116 valence electrons. The molecule has 4 nitrogen and oxygen atoms in total. The number of urea groups is 1. The smallest absolute Gasteiger partial charge is 0.322 e. The first-order chi connectivity index (χ1) is 10.6. The van der Waals surface area contributed by atoms with Crippen LogP contribution in [-0.2, 0) is 13.1 Å². The summed E-state index contributed by atoms with van der Waals surface area (Å²) in [5.74, 6) is 0. The Morgan fingerprint density at radius 3 is 2.23 bits per heavy atom. The molecule has 22 heavy (non-hydrogen) atoms. The van der Waals surface area contributed by atoms with E-state index in [1.54, 1.807) is 0 Å². The van der Waals surface area contributed by atoms with E-state index in [2.05, 4.69) is 5.32 Å². The lowest BCUT2D eigenvalue weighted by Gasteiger charge is -2.27. The van der Waals surface area contributed by atoms with Crippen LogP contribution in [0.5, 0.6) is 0 Å². The number of carbonyl (C=O) groups is 1. The first kappa shape index (κ1) is 16.0. The maximum atomic E-state index is 12.5. The van der Waals surface area contributed by atoms with E-state index in [1.165, 1.54) is 0 Å². The summed E-state index contributed by atoms with van der Waals surface area (Å²) < 4.78 is 0. The first-order valence-electron chi connectivity index (χ1n) is 7.50. The fourth-order valence-electron chi connectivity index (χ4n) is 2.19. The molecule has 2 amide bonds. The standard InChI is InChI=1S/C18H23N3O/c1-14(2)21(13-16-6-4-3-5-7-16)18(22)20-17-10-8-15(12-19)9-11-17/h3-11,14H,12-13,19H2,1-2H3,(H,20,22). The maximum absolute atomic E-state index is 12.5. The number of hydrogen-bond donors (Lipinski definition) is 2. The monoisotopic (exact) mass is 297 g/mol. The number of nitrogens with one attached hydrogen (secondary N) is 1. The predicted molar refractivity (Wildman–Crippen MR) is 90.5 cm³/mol. The summed E-state index contributed by atoms with van der Waals surface area (Å²) in [5.41, 5.74) is 8.52. The van der Waals surface area contributed by atoms with E-state index >= 15 is 0 Å². The lowest BCUT2D eigenvalue weighted by Crippen LogP contribution is -2.39. The summed E-state index contributed by atoms with van der Waals surface area (Å²) in [6, 6.07) is 17.6. The van der Waals surface area contributed by atoms with Gasteiger partial charge in [-0.15, -0.1) is 0 Å². The van der Waals surface area contributed by atoms with E-state index in [0.717, 1.165) is 16.8 Å². The third kappa shape index (κ3) is 4.33. The summed E-state index contributed by atoms with van der Waals surface area (Å²) in [6.45, 7) is 5.12. The normalized spacial score (nSPS) is 10.5. The Kier molecular flexibility index (Phi) is 5.55. The Hall–Kier alpha value is -2.33. The van der Waals surface area contributed by atoms with Gasteiger partial charge in [0.25, 0.3) is 0 Å². The minimum atomic E-state index is -0.0978. The molecule has 3 N–H and O–H groups in total. The van der Waals surface area contributed by atoms with Crippen molar-refractivity contribution >= 4 is 11.7 Å². The van der Waals surface area contributed by atoms with E-state index < -0.39 is 0 Å². The van der Waals surface area contributed by atoms with Gasteiger partial charge in [-0.05, 0) is 37.1 Å². The SMILES string of the molecule is CC(C)N(Cc1ccccc1)C(=O)Nc1ccc(CN)cc1. The van der Waals surface area contributed by atoms with Crippen molar-refractivity contribution < 1.29 is 4.79 Å². The van der Waals surface area contributed by atoms with Crippen LogP contribution in [0.1, 0.15) is 25.0 Å². The number of nitrogens with two attached hydrogens (primary N) is 1. The van der Waals surface area contributed by atoms with Gasteiger partial charge in [0, 0.05) is 24.8 Å². The zero-order chi connectivity index (χ0) is 15.9. The van der Waals surface area contributed by atoms with Crippen LogP contribution in [0.4, 0.5) is 10.5 Å². The molecule has 2 rings (SSSR count). The summed E-state index contributed by atoms with van der Waals surface area (Å²) in [5, 5.41) is 2.94. The highest BCUT2D eigenvalue weighted by atomic mass is 16.2. The molecule has 0 aromatic heterocycles. The molecule has 2 aromatic carbocycles. The highest BCUT2D eigenvalue weighted by molar-refractivity contribution is 5.89. The predicted octanol–water partition coefficient (Wildman–Crippen LogP) is 3.59. The van der Waals surface area contributed by atoms with Crippen LogP contribution in [0.15, 0.2) is 54.6 Å². The highest BCUT2D eigenvalue weighted by Crippen LogP contribution is 2.13. The zero-order valence-electron chi connectivity index (χ0n) is 13.1. The van der Waals surface area contributed by atoms with Crippen molar-refractivity contribution in [3.8, 4) is 0 Å². The molecule has 0 spiro atoms. The molecule has 4 heteroatoms. The van der Waals surface area contributed by atoms with Crippen molar-refractivity contribution in [3.63, 3.8) is 0 Å². The minimum Gasteiger partial charge on any atom is -0.326 e. The lowest BCUT2D eigenvalue weighted by molar-refractivity contribution is 0.193. The van der Waals surface area contributed by atoms with E-state index in [9.17, 15) is 4.79 Å². The Balaban J connectivity index is 2.05. The molecule has 0 saturated carbocycles. The molecule has 0 fully saturated rings. The Bertz CT molecular complexity index is 593. The van der Waals surface area contributed by atoms with Gasteiger partial charge in [0.1, 0.15) is 0 Å². The third-order valence-electron chi connectivity index (χ3n) is 3.52. The number of anilines is 1. The second-order valence-electron chi connectivity index (χ2n) is 5.54. The number of nitrogens with zero attached hydrogens (tertiary/aromatic N) is 1. The van der Waals surface area contributed by atoms with E-state index in [4.69, 9.17) is 5.73 Å². The minimum absolute atomic E-state index is 0.0978. The van der Waals surface area contributed by atoms with Crippen LogP contribution < -0.4 is 11.1 Å². The van der Waals surface area contributed by atoms with Gasteiger partial charge in [-0.3, -0.25) is 0 Å². The quantitative estimate of drug-likeness (QED) is 0.886. The van der Waals surface area contributed by atoms with Crippen LogP contribution in [0.3, 0.4) is 0 Å². The van der Waals surface area contributed by atoms with Crippen LogP contribution in [0, 0.1) is 0 Å². The molecule has 0 aliphatic carbocycles. The molecule has 0 heterocycles. The van der Waals surface area contributed by atoms with Gasteiger partial charge < -0.3 is 16.0 Å². The number of hydrogen-bond acceptors (Lipinski definition) is 2. The summed E-state index contributed by atoms with van der Waals surface area (Å²) in [7, 11) is 0. The van der Waals surface area contributed by atoms with Gasteiger partial charge in [-0.25, -0.2) is 4.79 Å². The lowest BCUT2D eigenvalue weighted by atomic mass is 10.2. The molecular formula is C18H23N3O. The first-order valence-corrected chi connectivity index (χ1v) is 7.50. The highest BCUT2D eigenvalue weighted by Gasteiger charge is 2.17. The van der Waals surface area contributed by atoms with Gasteiger partial charge in [0.15, 0.2) is 0 Å². The average Bonchev–Trinajstić information content (AvgIpc) is 2.54. The van der Waals surface area contributed by atoms with Crippen LogP contribution in [-0.4, -0.2) is 17.0 Å². The van der Waals surface area contributed by atoms with Crippen LogP contribution >= 0.6 is 0 Å². The number of amides is 2. The molecule has 0 unspecified atom stereocenters. The molecule has 0 aliphatic rings. The molecular weight excluding hydrogens is 274 g/mol. The van der Waals surface area contributed by atoms with Crippen molar-refractivity contribution in [2.24, 2.45) is 5.73 Å². The van der Waals surface area contributed by atoms with Gasteiger partial charge >= 0.3 is 6.03 Å². The summed E-state index contributed by atoms with van der Waals surface area (Å²) >= 11 is 0. The molecule has 0 bridgehead atoms. The van der Waals surface area contributed by atoms with Crippen molar-refractivity contribution in [3.05, 3.63) is 65.7 Å². The molecule has 0 atom stereocenters. The van der Waals surface area contributed by atoms with Gasteiger partial charge in [-0.2, -0.15) is 0 Å². The topological polar surface area (TPSA) is 58.4 Å². The largest absolute Gasteiger partial charge is 0.326 e. The maximum Gasteiger partial charge on any atom is 0.322 e. The second-order valence-corrected chi connectivity index (χ2v) is 5.54. The summed E-state index contributed by atoms with van der Waals surface area (Å²) in [4.78, 5) is 14.3. The molecule has 2 aromatic rings. The van der Waals surface area contributed by atoms with E-state index in [1.807, 2.05) is 73.3 Å². The van der Waals surface area contributed by atoms with Crippen LogP contribution in [0.25, 0.3) is 0 Å². The Morgan fingerprint density at radius 2 is 1.68 bits per heavy atom. The van der Waals surface area contributed by atoms with Gasteiger partial charge in [-0.1, -0.05) is 42.5 Å².